The Morgan fingerprint density at radius 1 is 1.38 bits per heavy atom. The highest BCUT2D eigenvalue weighted by Crippen LogP contribution is 2.74. The van der Waals surface area contributed by atoms with Crippen molar-refractivity contribution in [1.29, 1.82) is 0 Å². The average molecular weight is 218 g/mol. The molecule has 1 nitrogen and oxygen atoms in total. The minimum atomic E-state index is -0.00403. The Morgan fingerprint density at radius 3 is 2.81 bits per heavy atom. The van der Waals surface area contributed by atoms with Gasteiger partial charge in [0.05, 0.1) is 0 Å². The largest absolute Gasteiger partial charge is 0.303 e. The monoisotopic (exact) mass is 218 g/mol. The molecule has 3 aliphatic rings. The second kappa shape index (κ2) is 3.00. The van der Waals surface area contributed by atoms with Crippen LogP contribution in [0.25, 0.3) is 0 Å². The van der Waals surface area contributed by atoms with Crippen LogP contribution in [0, 0.1) is 28.6 Å². The number of fused-ring (bicyclic) bond motifs is 3. The number of hydrogen-bond donors (Lipinski definition) is 0. The van der Waals surface area contributed by atoms with E-state index in [2.05, 4.69) is 26.8 Å². The summed E-state index contributed by atoms with van der Waals surface area (Å²) in [5.74, 6) is 2.06. The van der Waals surface area contributed by atoms with Gasteiger partial charge in [0.2, 0.25) is 0 Å². The van der Waals surface area contributed by atoms with Gasteiger partial charge in [-0.05, 0) is 48.9 Å². The maximum absolute atomic E-state index is 11.4. The Hall–Kier alpha value is -0.590. The molecule has 1 heteroatoms. The Labute approximate surface area is 98.3 Å². The summed E-state index contributed by atoms with van der Waals surface area (Å²) in [5.41, 5.74) is 1.99. The molecule has 0 saturated heterocycles. The fraction of sp³-hybridized carbons (Fsp3) is 0.800. The Balaban J connectivity index is 2.04. The third-order valence-electron chi connectivity index (χ3n) is 6.09. The van der Waals surface area contributed by atoms with Crippen LogP contribution in [0.15, 0.2) is 11.6 Å². The summed E-state index contributed by atoms with van der Waals surface area (Å²) in [6, 6.07) is 0. The lowest BCUT2D eigenvalue weighted by atomic mass is 9.60. The van der Waals surface area contributed by atoms with Crippen LogP contribution in [-0.4, -0.2) is 6.29 Å². The second-order valence-electron chi connectivity index (χ2n) is 6.60. The lowest BCUT2D eigenvalue weighted by molar-refractivity contribution is -0.112. The molecular weight excluding hydrogens is 196 g/mol. The van der Waals surface area contributed by atoms with Crippen LogP contribution >= 0.6 is 0 Å². The predicted octanol–water partition coefficient (Wildman–Crippen LogP) is 3.59. The van der Waals surface area contributed by atoms with Gasteiger partial charge in [0.1, 0.15) is 6.29 Å². The van der Waals surface area contributed by atoms with Crippen LogP contribution in [0.4, 0.5) is 0 Å². The molecule has 16 heavy (non-hydrogen) atoms. The standard InChI is InChI=1S/C15H22O/c1-10-5-4-6-11-7-8-12-13(15(10,11)3)14(12,2)9-16/h6,9-10,12-13H,4-5,7-8H2,1-3H3/t10-,12-,13+,14+,15+/m0/s1. The van der Waals surface area contributed by atoms with Gasteiger partial charge in [0.15, 0.2) is 0 Å². The molecule has 2 fully saturated rings. The van der Waals surface area contributed by atoms with Gasteiger partial charge < -0.3 is 4.79 Å². The van der Waals surface area contributed by atoms with Crippen molar-refractivity contribution in [1.82, 2.24) is 0 Å². The van der Waals surface area contributed by atoms with E-state index in [1.807, 2.05) is 0 Å². The minimum Gasteiger partial charge on any atom is -0.303 e. The van der Waals surface area contributed by atoms with E-state index in [0.717, 1.165) is 5.92 Å². The first kappa shape index (κ1) is 10.6. The van der Waals surface area contributed by atoms with Crippen molar-refractivity contribution in [2.45, 2.75) is 46.5 Å². The van der Waals surface area contributed by atoms with Gasteiger partial charge in [-0.25, -0.2) is 0 Å². The quantitative estimate of drug-likeness (QED) is 0.485. The predicted molar refractivity (Wildman–Crippen MR) is 65.0 cm³/mol. The molecule has 2 saturated carbocycles. The van der Waals surface area contributed by atoms with Crippen molar-refractivity contribution < 1.29 is 4.79 Å². The minimum absolute atomic E-state index is 0.00403. The molecule has 3 aliphatic carbocycles. The maximum Gasteiger partial charge on any atom is 0.126 e. The first-order valence-electron chi connectivity index (χ1n) is 6.71. The van der Waals surface area contributed by atoms with Gasteiger partial charge in [0.25, 0.3) is 0 Å². The molecule has 0 aromatic rings. The fourth-order valence-electron chi connectivity index (χ4n) is 4.86. The van der Waals surface area contributed by atoms with Crippen molar-refractivity contribution in [2.24, 2.45) is 28.6 Å². The fourth-order valence-corrected chi connectivity index (χ4v) is 4.86. The Kier molecular flexibility index (Phi) is 1.98. The van der Waals surface area contributed by atoms with Crippen molar-refractivity contribution in [3.8, 4) is 0 Å². The smallest absolute Gasteiger partial charge is 0.126 e. The third-order valence-corrected chi connectivity index (χ3v) is 6.09. The van der Waals surface area contributed by atoms with Crippen molar-refractivity contribution in [3.05, 3.63) is 11.6 Å². The van der Waals surface area contributed by atoms with Crippen LogP contribution in [0.5, 0.6) is 0 Å². The van der Waals surface area contributed by atoms with E-state index in [-0.39, 0.29) is 5.41 Å². The van der Waals surface area contributed by atoms with Crippen molar-refractivity contribution in [3.63, 3.8) is 0 Å². The molecule has 0 bridgehead atoms. The van der Waals surface area contributed by atoms with Crippen LogP contribution in [0.3, 0.4) is 0 Å². The van der Waals surface area contributed by atoms with E-state index in [1.165, 1.54) is 32.0 Å². The lowest BCUT2D eigenvalue weighted by Gasteiger charge is -2.45. The van der Waals surface area contributed by atoms with Crippen LogP contribution in [0.1, 0.15) is 46.5 Å². The number of carbonyl (C=O) groups excluding carboxylic acids is 1. The summed E-state index contributed by atoms with van der Waals surface area (Å²) in [6.45, 7) is 7.00. The van der Waals surface area contributed by atoms with Crippen molar-refractivity contribution >= 4 is 6.29 Å². The number of carbonyl (C=O) groups is 1. The zero-order valence-corrected chi connectivity index (χ0v) is 10.6. The molecule has 0 unspecified atom stereocenters. The highest BCUT2D eigenvalue weighted by molar-refractivity contribution is 5.67. The van der Waals surface area contributed by atoms with Crippen LogP contribution in [0.2, 0.25) is 0 Å². The van der Waals surface area contributed by atoms with E-state index in [1.54, 1.807) is 5.57 Å². The molecule has 0 radical (unpaired) electrons. The molecule has 0 aromatic heterocycles. The summed E-state index contributed by atoms with van der Waals surface area (Å²) in [7, 11) is 0. The van der Waals surface area contributed by atoms with E-state index < -0.39 is 0 Å². The number of aldehydes is 1. The van der Waals surface area contributed by atoms with Crippen LogP contribution < -0.4 is 0 Å². The number of hydrogen-bond acceptors (Lipinski definition) is 1. The summed E-state index contributed by atoms with van der Waals surface area (Å²) in [5, 5.41) is 0. The van der Waals surface area contributed by atoms with Gasteiger partial charge in [-0.15, -0.1) is 0 Å². The van der Waals surface area contributed by atoms with E-state index >= 15 is 0 Å². The molecule has 0 aliphatic heterocycles. The number of rotatable bonds is 1. The maximum atomic E-state index is 11.4. The van der Waals surface area contributed by atoms with Gasteiger partial charge in [-0.2, -0.15) is 0 Å². The topological polar surface area (TPSA) is 17.1 Å². The van der Waals surface area contributed by atoms with E-state index in [9.17, 15) is 4.79 Å². The van der Waals surface area contributed by atoms with Gasteiger partial charge >= 0.3 is 0 Å². The highest BCUT2D eigenvalue weighted by atomic mass is 16.1. The average Bonchev–Trinajstić information content (AvgIpc) is 2.89. The molecule has 3 rings (SSSR count). The molecule has 0 heterocycles. The molecular formula is C15H22O. The zero-order chi connectivity index (χ0) is 11.6. The van der Waals surface area contributed by atoms with E-state index in [4.69, 9.17) is 0 Å². The molecule has 88 valence electrons. The summed E-state index contributed by atoms with van der Waals surface area (Å²) < 4.78 is 0. The second-order valence-corrected chi connectivity index (χ2v) is 6.60. The molecule has 0 aromatic carbocycles. The molecule has 0 spiro atoms. The van der Waals surface area contributed by atoms with Gasteiger partial charge in [-0.3, -0.25) is 0 Å². The summed E-state index contributed by atoms with van der Waals surface area (Å²) >= 11 is 0. The third kappa shape index (κ3) is 1.00. The zero-order valence-electron chi connectivity index (χ0n) is 10.6. The molecule has 0 amide bonds. The normalized spacial score (nSPS) is 54.7. The SMILES string of the molecule is C[C@H]1CCC=C2CC[C@H]3[C@H]([C@]3(C)C=O)[C@@]21C. The van der Waals surface area contributed by atoms with Gasteiger partial charge in [0, 0.05) is 5.41 Å². The summed E-state index contributed by atoms with van der Waals surface area (Å²) in [4.78, 5) is 11.4. The van der Waals surface area contributed by atoms with Crippen LogP contribution in [-0.2, 0) is 4.79 Å². The van der Waals surface area contributed by atoms with Gasteiger partial charge in [-0.1, -0.05) is 32.4 Å². The van der Waals surface area contributed by atoms with Crippen molar-refractivity contribution in [2.75, 3.05) is 0 Å². The summed E-state index contributed by atoms with van der Waals surface area (Å²) in [6.07, 6.45) is 8.76. The van der Waals surface area contributed by atoms with E-state index in [0.29, 0.717) is 17.3 Å². The first-order valence-corrected chi connectivity index (χ1v) is 6.71. The lowest BCUT2D eigenvalue weighted by Crippen LogP contribution is -2.36. The molecule has 5 atom stereocenters. The Bertz CT molecular complexity index is 370. The Morgan fingerprint density at radius 2 is 2.12 bits per heavy atom. The number of allylic oxidation sites excluding steroid dienone is 2. The highest BCUT2D eigenvalue weighted by Gasteiger charge is 2.70. The molecule has 0 N–H and O–H groups in total. The first-order chi connectivity index (χ1) is 7.55.